The van der Waals surface area contributed by atoms with E-state index in [9.17, 15) is 59.7 Å². The van der Waals surface area contributed by atoms with E-state index in [2.05, 4.69) is 10.6 Å². The molecule has 2 fully saturated rings. The number of rotatable bonds is 9. The molecule has 1 heterocycles. The summed E-state index contributed by atoms with van der Waals surface area (Å²) in [5.41, 5.74) is 2.16. The highest BCUT2D eigenvalue weighted by atomic mass is 16.7. The maximum Gasteiger partial charge on any atom is 0.315 e. The molecule has 1 aliphatic heterocycles. The molecule has 7 unspecified atom stereocenters. The van der Waals surface area contributed by atoms with Gasteiger partial charge in [0, 0.05) is 12.1 Å². The van der Waals surface area contributed by atoms with Crippen LogP contribution in [-0.2, 0) is 19.2 Å². The van der Waals surface area contributed by atoms with Crippen molar-refractivity contribution >= 4 is 29.5 Å². The van der Waals surface area contributed by atoms with Crippen LogP contribution in [-0.4, -0.2) is 129 Å². The van der Waals surface area contributed by atoms with Crippen molar-refractivity contribution in [2.24, 2.45) is 34.5 Å². The number of hydrogen-bond donors (Lipinski definition) is 13. The summed E-state index contributed by atoms with van der Waals surface area (Å²) in [6.45, 7) is 13.8. The molecule has 0 bridgehead atoms. The van der Waals surface area contributed by atoms with Crippen LogP contribution in [0, 0.1) is 17.3 Å². The monoisotopic (exact) mass is 663 g/mol. The Hall–Kier alpha value is -3.01. The lowest BCUT2D eigenvalue weighted by molar-refractivity contribution is -0.573. The van der Waals surface area contributed by atoms with E-state index in [1.165, 1.54) is 0 Å². The number of primary amides is 1. The second-order valence-corrected chi connectivity index (χ2v) is 14.7. The van der Waals surface area contributed by atoms with Crippen molar-refractivity contribution in [2.45, 2.75) is 114 Å². The van der Waals surface area contributed by atoms with E-state index in [0.29, 0.717) is 0 Å². The smallest absolute Gasteiger partial charge is 0.315 e. The van der Waals surface area contributed by atoms with Gasteiger partial charge in [-0.25, -0.2) is 4.79 Å². The summed E-state index contributed by atoms with van der Waals surface area (Å²) in [6, 6.07) is -6.27. The quantitative estimate of drug-likeness (QED) is 0.0808. The number of hydrogen-bond acceptors (Lipinski definition) is 14. The van der Waals surface area contributed by atoms with Gasteiger partial charge >= 0.3 is 6.03 Å². The van der Waals surface area contributed by atoms with Crippen LogP contribution in [0.4, 0.5) is 4.79 Å². The zero-order chi connectivity index (χ0) is 36.4. The molecule has 0 aromatic heterocycles. The highest BCUT2D eigenvalue weighted by Crippen LogP contribution is 2.56. The molecule has 1 aliphatic carbocycles. The molecule has 0 spiro atoms. The summed E-state index contributed by atoms with van der Waals surface area (Å²) >= 11 is 0. The predicted molar refractivity (Wildman–Crippen MR) is 157 cm³/mol. The van der Waals surface area contributed by atoms with E-state index in [1.54, 1.807) is 41.5 Å². The summed E-state index contributed by atoms with van der Waals surface area (Å²) in [7, 11) is 0. The topological polar surface area (TPSA) is 344 Å². The second kappa shape index (κ2) is 11.9. The average Bonchev–Trinajstić information content (AvgIpc) is 3.32. The Morgan fingerprint density at radius 2 is 1.37 bits per heavy atom. The number of carbonyl (C=O) groups excluding carboxylic acids is 5. The molecule has 7 atom stereocenters. The van der Waals surface area contributed by atoms with Crippen LogP contribution < -0.4 is 33.2 Å². The summed E-state index contributed by atoms with van der Waals surface area (Å²) in [4.78, 5) is 66.5. The van der Waals surface area contributed by atoms with Crippen LogP contribution in [0.5, 0.6) is 0 Å². The average molecular weight is 664 g/mol. The molecular formula is C27H49N7O12. The van der Waals surface area contributed by atoms with Crippen molar-refractivity contribution < 1.29 is 59.7 Å². The third-order valence-corrected chi connectivity index (χ3v) is 8.62. The fourth-order valence-electron chi connectivity index (χ4n) is 5.69. The molecule has 1 saturated carbocycles. The van der Waals surface area contributed by atoms with Crippen LogP contribution in [0.25, 0.3) is 0 Å². The van der Waals surface area contributed by atoms with Crippen molar-refractivity contribution in [3.8, 4) is 0 Å². The molecule has 5 amide bonds. The highest BCUT2D eigenvalue weighted by Gasteiger charge is 2.94. The van der Waals surface area contributed by atoms with Crippen LogP contribution in [0.2, 0.25) is 0 Å². The third kappa shape index (κ3) is 6.18. The lowest BCUT2D eigenvalue weighted by Crippen LogP contribution is -3.05. The standard InChI is InChI=1S/C27H49N7O12/c1-11(2)12-9-13(34(10-12)19(38)16(21(3,4)5)32-20(39)33-22(6,7)8)18(37)31-15(14(35)17(28)36)23(29,40)24(41)25(30,42)27(45,46)26(24,43)44/h11-13,15-16,40-46H,9-10,29-30H2,1-8H3,(H2,28,36)(H,31,37)(H2,32,33,39). The minimum absolute atomic E-state index is 0.0223. The summed E-state index contributed by atoms with van der Waals surface area (Å²) < 4.78 is 0. The van der Waals surface area contributed by atoms with Gasteiger partial charge in [0.25, 0.3) is 17.5 Å². The Bertz CT molecular complexity index is 1230. The maximum absolute atomic E-state index is 14.0. The summed E-state index contributed by atoms with van der Waals surface area (Å²) in [5, 5.41) is 79.9. The van der Waals surface area contributed by atoms with Gasteiger partial charge in [-0.1, -0.05) is 34.6 Å². The van der Waals surface area contributed by atoms with Crippen LogP contribution in [0.3, 0.4) is 0 Å². The minimum Gasteiger partial charge on any atom is -0.376 e. The summed E-state index contributed by atoms with van der Waals surface area (Å²) in [5.74, 6) is -14.8. The Morgan fingerprint density at radius 1 is 0.870 bits per heavy atom. The molecule has 264 valence electrons. The number of nitrogens with two attached hydrogens (primary N) is 3. The molecular weight excluding hydrogens is 614 g/mol. The molecule has 0 aromatic rings. The molecule has 46 heavy (non-hydrogen) atoms. The Balaban J connectivity index is 2.58. The SMILES string of the molecule is CC(C)C1CC(C(=O)NC(C(=O)C(N)=O)C(N)(O)C2(O)C(N)(O)C(O)(O)C2(O)O)N(C(=O)C(NC(=O)NC(C)(C)C)C(C)(C)C)C1. The fourth-order valence-corrected chi connectivity index (χ4v) is 5.69. The van der Waals surface area contributed by atoms with Crippen molar-refractivity contribution in [1.29, 1.82) is 0 Å². The van der Waals surface area contributed by atoms with Gasteiger partial charge in [0.05, 0.1) is 0 Å². The summed E-state index contributed by atoms with van der Waals surface area (Å²) in [6.07, 6.45) is -0.0494. The number of nitrogens with zero attached hydrogens (tertiary/aromatic N) is 1. The lowest BCUT2D eigenvalue weighted by Gasteiger charge is -2.68. The molecule has 19 heteroatoms. The molecule has 0 radical (unpaired) electrons. The molecule has 2 aliphatic rings. The van der Waals surface area contributed by atoms with E-state index in [-0.39, 0.29) is 24.8 Å². The fraction of sp³-hybridized carbons (Fsp3) is 0.815. The largest absolute Gasteiger partial charge is 0.376 e. The highest BCUT2D eigenvalue weighted by molar-refractivity contribution is 6.38. The maximum atomic E-state index is 14.0. The second-order valence-electron chi connectivity index (χ2n) is 14.7. The third-order valence-electron chi connectivity index (χ3n) is 8.62. The molecule has 1 saturated heterocycles. The number of Topliss-reactive ketones (excluding diaryl/α,β-unsaturated/α-hetero) is 1. The van der Waals surface area contributed by atoms with E-state index in [1.807, 2.05) is 19.2 Å². The Labute approximate surface area is 265 Å². The minimum atomic E-state index is -4.37. The zero-order valence-corrected chi connectivity index (χ0v) is 27.2. The van der Waals surface area contributed by atoms with Gasteiger partial charge in [0.1, 0.15) is 18.1 Å². The number of amides is 5. The predicted octanol–water partition coefficient (Wildman–Crippen LogP) is -5.69. The van der Waals surface area contributed by atoms with Gasteiger partial charge in [0.2, 0.25) is 28.9 Å². The number of nitrogens with one attached hydrogen (secondary N) is 3. The van der Waals surface area contributed by atoms with Crippen molar-refractivity contribution in [1.82, 2.24) is 20.9 Å². The van der Waals surface area contributed by atoms with Crippen molar-refractivity contribution in [3.05, 3.63) is 0 Å². The van der Waals surface area contributed by atoms with Crippen LogP contribution >= 0.6 is 0 Å². The van der Waals surface area contributed by atoms with E-state index in [0.717, 1.165) is 4.90 Å². The lowest BCUT2D eigenvalue weighted by atomic mass is 9.54. The number of likely N-dealkylation sites (tertiary alicyclic amines) is 1. The first kappa shape index (κ1) is 39.2. The first-order valence-corrected chi connectivity index (χ1v) is 14.5. The van der Waals surface area contributed by atoms with E-state index < -0.39 is 87.2 Å². The first-order valence-electron chi connectivity index (χ1n) is 14.5. The number of ketones is 1. The number of aliphatic hydroxyl groups is 7. The van der Waals surface area contributed by atoms with Gasteiger partial charge in [-0.3, -0.25) is 30.6 Å². The van der Waals surface area contributed by atoms with Gasteiger partial charge in [-0.05, 0) is 44.4 Å². The van der Waals surface area contributed by atoms with Gasteiger partial charge in [0.15, 0.2) is 5.72 Å². The van der Waals surface area contributed by atoms with E-state index >= 15 is 0 Å². The van der Waals surface area contributed by atoms with Crippen molar-refractivity contribution in [3.63, 3.8) is 0 Å². The normalized spacial score (nSPS) is 30.0. The van der Waals surface area contributed by atoms with Gasteiger partial charge in [-0.2, -0.15) is 0 Å². The Kier molecular flexibility index (Phi) is 10.1. The van der Waals surface area contributed by atoms with Gasteiger partial charge in [-0.15, -0.1) is 0 Å². The first-order chi connectivity index (χ1) is 20.3. The number of urea groups is 1. The van der Waals surface area contributed by atoms with Crippen LogP contribution in [0.1, 0.15) is 61.8 Å². The molecule has 0 aromatic carbocycles. The molecule has 2 rings (SSSR count). The number of carbonyl (C=O) groups is 5. The zero-order valence-electron chi connectivity index (χ0n) is 27.2. The molecule has 19 nitrogen and oxygen atoms in total. The Morgan fingerprint density at radius 3 is 1.76 bits per heavy atom. The van der Waals surface area contributed by atoms with Crippen LogP contribution in [0.15, 0.2) is 0 Å². The molecule has 16 N–H and O–H groups in total. The van der Waals surface area contributed by atoms with Gasteiger partial charge < -0.3 is 62.3 Å². The van der Waals surface area contributed by atoms with E-state index in [4.69, 9.17) is 17.2 Å². The van der Waals surface area contributed by atoms with Crippen molar-refractivity contribution in [2.75, 3.05) is 6.54 Å².